The van der Waals surface area contributed by atoms with Gasteiger partial charge in [-0.3, -0.25) is 4.99 Å². The molecule has 0 aromatic rings. The van der Waals surface area contributed by atoms with Gasteiger partial charge in [-0.25, -0.2) is 0 Å². The maximum Gasteiger partial charge on any atom is 0.117 e. The molecule has 3 nitrogen and oxygen atoms in total. The number of nitrogens with one attached hydrogen (secondary N) is 1. The zero-order chi connectivity index (χ0) is 9.80. The van der Waals surface area contributed by atoms with Crippen LogP contribution in [0.3, 0.4) is 0 Å². The van der Waals surface area contributed by atoms with Gasteiger partial charge >= 0.3 is 0 Å². The molecule has 0 aromatic carbocycles. The van der Waals surface area contributed by atoms with E-state index in [1.807, 2.05) is 18.5 Å². The molecule has 0 saturated heterocycles. The van der Waals surface area contributed by atoms with Crippen LogP contribution in [0.15, 0.2) is 40.2 Å². The summed E-state index contributed by atoms with van der Waals surface area (Å²) in [7, 11) is 0. The molecule has 0 unspecified atom stereocenters. The molecule has 0 aliphatic carbocycles. The van der Waals surface area contributed by atoms with Crippen molar-refractivity contribution in [3.63, 3.8) is 0 Å². The van der Waals surface area contributed by atoms with Crippen LogP contribution in [0.5, 0.6) is 0 Å². The van der Waals surface area contributed by atoms with E-state index in [0.717, 1.165) is 19.4 Å². The van der Waals surface area contributed by atoms with Crippen LogP contribution in [0.2, 0.25) is 0 Å². The van der Waals surface area contributed by atoms with Gasteiger partial charge in [0.25, 0.3) is 0 Å². The fraction of sp³-hybridized carbons (Fsp3) is 0.273. The molecule has 0 saturated carbocycles. The van der Waals surface area contributed by atoms with Gasteiger partial charge in [-0.15, -0.1) is 0 Å². The van der Waals surface area contributed by atoms with Crippen LogP contribution in [0.25, 0.3) is 0 Å². The number of aliphatic imine (C=N–C) groups is 1. The average Bonchev–Trinajstić information content (AvgIpc) is 2.30. The van der Waals surface area contributed by atoms with E-state index in [4.69, 9.17) is 5.26 Å². The third kappa shape index (κ3) is 1.74. The van der Waals surface area contributed by atoms with E-state index >= 15 is 0 Å². The number of allylic oxidation sites excluding steroid dienone is 4. The largest absolute Gasteiger partial charge is 0.353 e. The second kappa shape index (κ2) is 3.93. The highest BCUT2D eigenvalue weighted by Crippen LogP contribution is 2.21. The minimum Gasteiger partial charge on any atom is -0.353 e. The van der Waals surface area contributed by atoms with Crippen LogP contribution < -0.4 is 5.32 Å². The number of rotatable bonds is 1. The average molecular weight is 185 g/mol. The van der Waals surface area contributed by atoms with Gasteiger partial charge in [0.05, 0.1) is 6.54 Å². The molecule has 14 heavy (non-hydrogen) atoms. The summed E-state index contributed by atoms with van der Waals surface area (Å²) >= 11 is 0. The second-order valence-corrected chi connectivity index (χ2v) is 3.23. The molecular formula is C11H11N3. The minimum absolute atomic E-state index is 0.638. The summed E-state index contributed by atoms with van der Waals surface area (Å²) in [6.07, 6.45) is 9.67. The Hall–Kier alpha value is -1.82. The molecule has 0 bridgehead atoms. The third-order valence-electron chi connectivity index (χ3n) is 2.34. The summed E-state index contributed by atoms with van der Waals surface area (Å²) in [6, 6.07) is 2.09. The molecule has 70 valence electrons. The van der Waals surface area contributed by atoms with E-state index in [1.165, 1.54) is 11.1 Å². The van der Waals surface area contributed by atoms with Crippen LogP contribution >= 0.6 is 0 Å². The van der Waals surface area contributed by atoms with Crippen LogP contribution in [0, 0.1) is 11.3 Å². The summed E-state index contributed by atoms with van der Waals surface area (Å²) in [4.78, 5) is 4.14. The van der Waals surface area contributed by atoms with Crippen molar-refractivity contribution in [1.29, 1.82) is 5.26 Å². The fourth-order valence-corrected chi connectivity index (χ4v) is 1.54. The maximum absolute atomic E-state index is 8.64. The second-order valence-electron chi connectivity index (χ2n) is 3.23. The van der Waals surface area contributed by atoms with E-state index in [9.17, 15) is 0 Å². The van der Waals surface area contributed by atoms with Crippen molar-refractivity contribution in [2.75, 3.05) is 6.54 Å². The number of hydrogen-bond donors (Lipinski definition) is 1. The highest BCUT2D eigenvalue weighted by Gasteiger charge is 2.09. The molecule has 0 spiro atoms. The Morgan fingerprint density at radius 1 is 1.29 bits per heavy atom. The first-order valence-electron chi connectivity index (χ1n) is 4.63. The van der Waals surface area contributed by atoms with Crippen LogP contribution in [0.1, 0.15) is 12.8 Å². The first-order valence-corrected chi connectivity index (χ1v) is 4.63. The van der Waals surface area contributed by atoms with Crippen LogP contribution in [0.4, 0.5) is 0 Å². The van der Waals surface area contributed by atoms with Crippen molar-refractivity contribution in [2.24, 2.45) is 4.99 Å². The van der Waals surface area contributed by atoms with Gasteiger partial charge < -0.3 is 5.32 Å². The van der Waals surface area contributed by atoms with Crippen molar-refractivity contribution in [3.8, 4) is 6.07 Å². The molecule has 0 amide bonds. The van der Waals surface area contributed by atoms with E-state index in [-0.39, 0.29) is 0 Å². The SMILES string of the molecule is N#CC1=CCC(C2=CCN=CC2)=CN1. The normalized spacial score (nSPS) is 20.1. The topological polar surface area (TPSA) is 48.2 Å². The molecule has 2 aliphatic heterocycles. The number of nitrogens with zero attached hydrogens (tertiary/aromatic N) is 2. The smallest absolute Gasteiger partial charge is 0.117 e. The van der Waals surface area contributed by atoms with Crippen molar-refractivity contribution in [1.82, 2.24) is 5.32 Å². The van der Waals surface area contributed by atoms with E-state index in [2.05, 4.69) is 22.5 Å². The monoisotopic (exact) mass is 185 g/mol. The molecule has 2 aliphatic rings. The quantitative estimate of drug-likeness (QED) is 0.675. The lowest BCUT2D eigenvalue weighted by atomic mass is 9.97. The molecule has 0 radical (unpaired) electrons. The van der Waals surface area contributed by atoms with Crippen molar-refractivity contribution < 1.29 is 0 Å². The molecule has 1 N–H and O–H groups in total. The molecular weight excluding hydrogens is 174 g/mol. The van der Waals surface area contributed by atoms with Gasteiger partial charge in [0.2, 0.25) is 0 Å². The number of nitriles is 1. The standard InChI is InChI=1S/C11H11N3/c12-7-11-2-1-10(8-14-11)9-3-5-13-6-4-9/h2-3,6,8,14H,1,4-5H2. The molecule has 2 heterocycles. The predicted molar refractivity (Wildman–Crippen MR) is 55.6 cm³/mol. The summed E-state index contributed by atoms with van der Waals surface area (Å²) in [6.45, 7) is 0.779. The van der Waals surface area contributed by atoms with Gasteiger partial charge in [0.15, 0.2) is 0 Å². The first-order chi connectivity index (χ1) is 6.90. The van der Waals surface area contributed by atoms with E-state index < -0.39 is 0 Å². The first kappa shape index (κ1) is 8.76. The fourth-order valence-electron chi connectivity index (χ4n) is 1.54. The van der Waals surface area contributed by atoms with Gasteiger partial charge in [0, 0.05) is 18.8 Å². The van der Waals surface area contributed by atoms with Crippen LogP contribution in [-0.2, 0) is 0 Å². The van der Waals surface area contributed by atoms with E-state index in [1.54, 1.807) is 0 Å². The Morgan fingerprint density at radius 3 is 2.79 bits per heavy atom. The summed E-state index contributed by atoms with van der Waals surface area (Å²) in [5.74, 6) is 0. The zero-order valence-corrected chi connectivity index (χ0v) is 7.83. The Bertz CT molecular complexity index is 391. The van der Waals surface area contributed by atoms with Gasteiger partial charge in [-0.05, 0) is 23.6 Å². The van der Waals surface area contributed by atoms with Crippen molar-refractivity contribution in [2.45, 2.75) is 12.8 Å². The van der Waals surface area contributed by atoms with Crippen molar-refractivity contribution >= 4 is 6.21 Å². The zero-order valence-electron chi connectivity index (χ0n) is 7.83. The Balaban J connectivity index is 2.06. The predicted octanol–water partition coefficient (Wildman–Crippen LogP) is 1.67. The molecule has 3 heteroatoms. The summed E-state index contributed by atoms with van der Waals surface area (Å²) in [5.41, 5.74) is 3.22. The van der Waals surface area contributed by atoms with Gasteiger partial charge in [0.1, 0.15) is 11.8 Å². The Kier molecular flexibility index (Phi) is 2.46. The lowest BCUT2D eigenvalue weighted by Crippen LogP contribution is -2.11. The van der Waals surface area contributed by atoms with E-state index in [0.29, 0.717) is 5.70 Å². The van der Waals surface area contributed by atoms with Gasteiger partial charge in [-0.1, -0.05) is 6.08 Å². The van der Waals surface area contributed by atoms with Gasteiger partial charge in [-0.2, -0.15) is 5.26 Å². The summed E-state index contributed by atoms with van der Waals surface area (Å²) in [5, 5.41) is 11.6. The Morgan fingerprint density at radius 2 is 2.21 bits per heavy atom. The minimum atomic E-state index is 0.638. The molecule has 0 atom stereocenters. The summed E-state index contributed by atoms with van der Waals surface area (Å²) < 4.78 is 0. The molecule has 2 rings (SSSR count). The lowest BCUT2D eigenvalue weighted by Gasteiger charge is -2.15. The third-order valence-corrected chi connectivity index (χ3v) is 2.34. The highest BCUT2D eigenvalue weighted by atomic mass is 14.9. The lowest BCUT2D eigenvalue weighted by molar-refractivity contribution is 0.980. The van der Waals surface area contributed by atoms with Crippen molar-refractivity contribution in [3.05, 3.63) is 35.2 Å². The van der Waals surface area contributed by atoms with Crippen LogP contribution in [-0.4, -0.2) is 12.8 Å². The number of hydrogen-bond acceptors (Lipinski definition) is 3. The molecule has 0 fully saturated rings. The number of dihydropyridines is 2. The Labute approximate surface area is 83.1 Å². The maximum atomic E-state index is 8.64. The highest BCUT2D eigenvalue weighted by molar-refractivity contribution is 5.65. The molecule has 0 aromatic heterocycles.